The molecule has 0 amide bonds. The largest absolute Gasteiger partial charge is 0.466 e. The van der Waals surface area contributed by atoms with Gasteiger partial charge in [-0.25, -0.2) is 14.2 Å². The number of carbonyl (C=O) groups is 1. The molecule has 0 aliphatic carbocycles. The number of benzene rings is 1. The van der Waals surface area contributed by atoms with Crippen molar-refractivity contribution in [2.45, 2.75) is 24.8 Å². The van der Waals surface area contributed by atoms with Crippen LogP contribution < -0.4 is 5.73 Å². The van der Waals surface area contributed by atoms with E-state index in [1.54, 1.807) is 12.1 Å². The number of esters is 1. The molecule has 0 fully saturated rings. The number of halogens is 1. The fourth-order valence-electron chi connectivity index (χ4n) is 3.46. The molecule has 1 aliphatic heterocycles. The summed E-state index contributed by atoms with van der Waals surface area (Å²) in [5.41, 5.74) is 7.86. The number of nitrogens with two attached hydrogens (primary N) is 1. The highest BCUT2D eigenvalue weighted by atomic mass is 32.2. The Morgan fingerprint density at radius 2 is 2.03 bits per heavy atom. The van der Waals surface area contributed by atoms with Crippen LogP contribution in [-0.4, -0.2) is 23.8 Å². The van der Waals surface area contributed by atoms with Crippen molar-refractivity contribution in [3.05, 3.63) is 81.3 Å². The number of ether oxygens (including phenoxy) is 2. The Morgan fingerprint density at radius 3 is 2.66 bits per heavy atom. The first-order valence-electron chi connectivity index (χ1n) is 9.46. The minimum absolute atomic E-state index is 0.0290. The Kier molecular flexibility index (Phi) is 6.82. The number of nitrogens with zero attached hydrogens (tertiary/aromatic N) is 3. The van der Waals surface area contributed by atoms with Gasteiger partial charge in [0.25, 0.3) is 0 Å². The molecule has 3 rings (SSSR count). The van der Waals surface area contributed by atoms with Crippen LogP contribution in [0.2, 0.25) is 0 Å². The van der Waals surface area contributed by atoms with E-state index in [1.807, 2.05) is 19.9 Å². The van der Waals surface area contributed by atoms with E-state index in [0.717, 1.165) is 11.3 Å². The molecule has 2 aromatic rings. The lowest BCUT2D eigenvalue weighted by atomic mass is 9.83. The Bertz CT molecular complexity index is 1240. The predicted molar refractivity (Wildman–Crippen MR) is 115 cm³/mol. The fourth-order valence-corrected chi connectivity index (χ4v) is 4.50. The number of methoxy groups -OCH3 is 1. The Morgan fingerprint density at radius 1 is 1.31 bits per heavy atom. The van der Waals surface area contributed by atoms with Crippen molar-refractivity contribution >= 4 is 17.7 Å². The average Bonchev–Trinajstić information content (AvgIpc) is 2.76. The summed E-state index contributed by atoms with van der Waals surface area (Å²) in [5, 5.41) is 19.6. The highest BCUT2D eigenvalue weighted by Crippen LogP contribution is 2.42. The summed E-state index contributed by atoms with van der Waals surface area (Å²) in [5.74, 6) is -2.53. The fraction of sp³-hybridized carbons (Fsp3) is 0.217. The molecular weight excluding hydrogens is 431 g/mol. The Labute approximate surface area is 189 Å². The van der Waals surface area contributed by atoms with Crippen molar-refractivity contribution in [2.75, 3.05) is 12.9 Å². The van der Waals surface area contributed by atoms with Crippen molar-refractivity contribution in [2.24, 2.45) is 5.73 Å². The molecule has 7 nitrogen and oxygen atoms in total. The van der Waals surface area contributed by atoms with Crippen LogP contribution in [0, 0.1) is 42.3 Å². The standard InChI is InChI=1S/C23H19FN4O3S/c1-12-8-13(2)28-22(15(12)9-25)32-11-18-20(23(29)30-3)19(16(10-26)21(27)31-18)14-6-4-5-7-17(14)24/h4-8,19H,11,27H2,1-3H3/t19-/m1/s1. The maximum Gasteiger partial charge on any atom is 0.338 e. The van der Waals surface area contributed by atoms with Gasteiger partial charge in [-0.3, -0.25) is 0 Å². The van der Waals surface area contributed by atoms with Gasteiger partial charge in [0.15, 0.2) is 0 Å². The lowest BCUT2D eigenvalue weighted by Crippen LogP contribution is -2.27. The smallest absolute Gasteiger partial charge is 0.338 e. The summed E-state index contributed by atoms with van der Waals surface area (Å²) >= 11 is 1.17. The Balaban J connectivity index is 2.13. The maximum atomic E-state index is 14.7. The molecule has 0 spiro atoms. The first-order chi connectivity index (χ1) is 15.3. The number of pyridine rings is 1. The second-order valence-electron chi connectivity index (χ2n) is 6.94. The molecule has 1 atom stereocenters. The number of hydrogen-bond donors (Lipinski definition) is 1. The van der Waals surface area contributed by atoms with Gasteiger partial charge in [-0.05, 0) is 31.5 Å². The zero-order chi connectivity index (χ0) is 23.4. The van der Waals surface area contributed by atoms with Crippen LogP contribution in [0.4, 0.5) is 4.39 Å². The van der Waals surface area contributed by atoms with E-state index in [9.17, 15) is 19.7 Å². The first-order valence-corrected chi connectivity index (χ1v) is 10.4. The summed E-state index contributed by atoms with van der Waals surface area (Å²) in [6.07, 6.45) is 0. The van der Waals surface area contributed by atoms with Crippen LogP contribution in [0.3, 0.4) is 0 Å². The van der Waals surface area contributed by atoms with Crippen LogP contribution in [-0.2, 0) is 14.3 Å². The molecule has 9 heteroatoms. The number of aryl methyl sites for hydroxylation is 2. The number of aromatic nitrogens is 1. The van der Waals surface area contributed by atoms with E-state index >= 15 is 0 Å². The normalized spacial score (nSPS) is 15.6. The van der Waals surface area contributed by atoms with E-state index in [-0.39, 0.29) is 34.1 Å². The van der Waals surface area contributed by atoms with Gasteiger partial charge >= 0.3 is 5.97 Å². The van der Waals surface area contributed by atoms with Gasteiger partial charge in [-0.1, -0.05) is 30.0 Å². The molecule has 32 heavy (non-hydrogen) atoms. The topological polar surface area (TPSA) is 122 Å². The molecule has 1 aliphatic rings. The molecule has 0 saturated heterocycles. The van der Waals surface area contributed by atoms with Gasteiger partial charge in [0.05, 0.1) is 29.9 Å². The number of hydrogen-bond acceptors (Lipinski definition) is 8. The van der Waals surface area contributed by atoms with Crippen LogP contribution in [0.1, 0.15) is 28.3 Å². The maximum absolute atomic E-state index is 14.7. The molecule has 0 unspecified atom stereocenters. The zero-order valence-corrected chi connectivity index (χ0v) is 18.4. The highest BCUT2D eigenvalue weighted by Gasteiger charge is 2.38. The molecule has 1 aromatic heterocycles. The lowest BCUT2D eigenvalue weighted by molar-refractivity contribution is -0.136. The van der Waals surface area contributed by atoms with Gasteiger partial charge in [0, 0.05) is 11.3 Å². The molecule has 1 aromatic carbocycles. The summed E-state index contributed by atoms with van der Waals surface area (Å²) < 4.78 is 25.2. The van der Waals surface area contributed by atoms with E-state index < -0.39 is 17.7 Å². The number of nitriles is 2. The van der Waals surface area contributed by atoms with E-state index in [0.29, 0.717) is 10.6 Å². The number of carbonyl (C=O) groups excluding carboxylic acids is 1. The average molecular weight is 450 g/mol. The zero-order valence-electron chi connectivity index (χ0n) is 17.6. The first kappa shape index (κ1) is 22.9. The van der Waals surface area contributed by atoms with Crippen molar-refractivity contribution in [1.29, 1.82) is 10.5 Å². The molecule has 162 valence electrons. The molecule has 2 N–H and O–H groups in total. The lowest BCUT2D eigenvalue weighted by Gasteiger charge is -2.28. The molecule has 0 radical (unpaired) electrons. The van der Waals surface area contributed by atoms with Gasteiger partial charge < -0.3 is 15.2 Å². The molecular formula is C23H19FN4O3S. The van der Waals surface area contributed by atoms with Crippen molar-refractivity contribution in [1.82, 2.24) is 4.98 Å². The van der Waals surface area contributed by atoms with Gasteiger partial charge in [-0.2, -0.15) is 10.5 Å². The van der Waals surface area contributed by atoms with E-state index in [2.05, 4.69) is 11.1 Å². The molecule has 0 saturated carbocycles. The van der Waals surface area contributed by atoms with E-state index in [1.165, 1.54) is 37.1 Å². The van der Waals surface area contributed by atoms with Gasteiger partial charge in [0.2, 0.25) is 5.88 Å². The number of allylic oxidation sites excluding steroid dienone is 1. The number of rotatable bonds is 5. The van der Waals surface area contributed by atoms with Crippen molar-refractivity contribution in [3.8, 4) is 12.1 Å². The van der Waals surface area contributed by atoms with Crippen molar-refractivity contribution in [3.63, 3.8) is 0 Å². The SMILES string of the molecule is COC(=O)C1=C(CSc2nc(C)cc(C)c2C#N)OC(N)=C(C#N)[C@H]1c1ccccc1F. The highest BCUT2D eigenvalue weighted by molar-refractivity contribution is 7.99. The minimum atomic E-state index is -1.10. The van der Waals surface area contributed by atoms with Gasteiger partial charge in [0.1, 0.15) is 34.3 Å². The monoisotopic (exact) mass is 450 g/mol. The molecule has 2 heterocycles. The third-order valence-electron chi connectivity index (χ3n) is 4.88. The van der Waals surface area contributed by atoms with Gasteiger partial charge in [-0.15, -0.1) is 0 Å². The summed E-state index contributed by atoms with van der Waals surface area (Å²) in [4.78, 5) is 17.2. The predicted octanol–water partition coefficient (Wildman–Crippen LogP) is 3.74. The second-order valence-corrected chi connectivity index (χ2v) is 7.90. The van der Waals surface area contributed by atoms with Crippen LogP contribution in [0.25, 0.3) is 0 Å². The summed E-state index contributed by atoms with van der Waals surface area (Å²) in [6, 6.07) is 11.7. The van der Waals surface area contributed by atoms with Crippen molar-refractivity contribution < 1.29 is 18.7 Å². The third-order valence-corrected chi connectivity index (χ3v) is 5.86. The number of thioether (sulfide) groups is 1. The summed E-state index contributed by atoms with van der Waals surface area (Å²) in [6.45, 7) is 3.62. The minimum Gasteiger partial charge on any atom is -0.466 e. The Hall–Kier alpha value is -3.82. The van der Waals surface area contributed by atoms with Crippen LogP contribution in [0.5, 0.6) is 0 Å². The third kappa shape index (κ3) is 4.29. The quantitative estimate of drug-likeness (QED) is 0.540. The summed E-state index contributed by atoms with van der Waals surface area (Å²) in [7, 11) is 1.19. The van der Waals surface area contributed by atoms with Crippen LogP contribution >= 0.6 is 11.8 Å². The van der Waals surface area contributed by atoms with E-state index in [4.69, 9.17) is 15.2 Å². The van der Waals surface area contributed by atoms with Crippen LogP contribution in [0.15, 0.2) is 58.1 Å². The molecule has 0 bridgehead atoms. The second kappa shape index (κ2) is 9.54.